The summed E-state index contributed by atoms with van der Waals surface area (Å²) in [5.41, 5.74) is 2.13. The molecule has 2 nitrogen and oxygen atoms in total. The summed E-state index contributed by atoms with van der Waals surface area (Å²) < 4.78 is 6.46. The molecule has 0 unspecified atom stereocenters. The monoisotopic (exact) mass is 329 g/mol. The molecule has 3 heteroatoms. The summed E-state index contributed by atoms with van der Waals surface area (Å²) in [5, 5.41) is 0. The van der Waals surface area contributed by atoms with Crippen molar-refractivity contribution in [3.05, 3.63) is 84.4 Å². The van der Waals surface area contributed by atoms with E-state index in [4.69, 9.17) is 4.74 Å². The van der Waals surface area contributed by atoms with Gasteiger partial charge in [-0.25, -0.2) is 0 Å². The van der Waals surface area contributed by atoms with Crippen LogP contribution in [0.2, 0.25) is 0 Å². The van der Waals surface area contributed by atoms with Crippen LogP contribution in [0.4, 0.5) is 0 Å². The summed E-state index contributed by atoms with van der Waals surface area (Å²) in [6.45, 7) is 7.47. The van der Waals surface area contributed by atoms with Crippen LogP contribution >= 0.6 is 12.4 Å². The largest absolute Gasteiger partial charge is 0.364 e. The van der Waals surface area contributed by atoms with Crippen LogP contribution < -0.4 is 0 Å². The number of hydrogen-bond acceptors (Lipinski definition) is 2. The van der Waals surface area contributed by atoms with Crippen molar-refractivity contribution in [3.8, 4) is 0 Å². The summed E-state index contributed by atoms with van der Waals surface area (Å²) >= 11 is 0. The third kappa shape index (κ3) is 3.84. The summed E-state index contributed by atoms with van der Waals surface area (Å²) in [4.78, 5) is 2.40. The lowest BCUT2D eigenvalue weighted by Gasteiger charge is -2.34. The maximum atomic E-state index is 6.46. The summed E-state index contributed by atoms with van der Waals surface area (Å²) in [5.74, 6) is 0. The molecule has 1 heterocycles. The lowest BCUT2D eigenvalue weighted by atomic mass is 9.83. The highest BCUT2D eigenvalue weighted by Gasteiger charge is 2.37. The molecular formula is C20H24ClNO. The van der Waals surface area contributed by atoms with Crippen LogP contribution in [-0.4, -0.2) is 31.1 Å². The van der Waals surface area contributed by atoms with E-state index in [-0.39, 0.29) is 18.0 Å². The average Bonchev–Trinajstić information content (AvgIpc) is 2.81. The van der Waals surface area contributed by atoms with Gasteiger partial charge in [-0.3, -0.25) is 4.90 Å². The summed E-state index contributed by atoms with van der Waals surface area (Å²) in [6.07, 6.45) is 2.92. The Kier molecular flexibility index (Phi) is 6.40. The highest BCUT2D eigenvalue weighted by Crippen LogP contribution is 2.38. The Morgan fingerprint density at radius 2 is 1.52 bits per heavy atom. The van der Waals surface area contributed by atoms with E-state index in [1.165, 1.54) is 11.1 Å². The molecule has 0 bridgehead atoms. The van der Waals surface area contributed by atoms with Gasteiger partial charge in [0.2, 0.25) is 0 Å². The molecule has 0 radical (unpaired) electrons. The zero-order valence-electron chi connectivity index (χ0n) is 13.4. The Hall–Kier alpha value is -1.61. The Morgan fingerprint density at radius 3 is 2.04 bits per heavy atom. The SMILES string of the molecule is C=CCN1CCOC(c2ccccc2)(c2ccccc2)CC1.Cl. The molecular weight excluding hydrogens is 306 g/mol. The van der Waals surface area contributed by atoms with Crippen LogP contribution in [0.1, 0.15) is 17.5 Å². The molecule has 0 amide bonds. The van der Waals surface area contributed by atoms with Crippen LogP contribution in [0.3, 0.4) is 0 Å². The predicted molar refractivity (Wildman–Crippen MR) is 98.1 cm³/mol. The van der Waals surface area contributed by atoms with E-state index >= 15 is 0 Å². The highest BCUT2D eigenvalue weighted by atomic mass is 35.5. The van der Waals surface area contributed by atoms with Gasteiger partial charge < -0.3 is 4.74 Å². The molecule has 0 aliphatic carbocycles. The molecule has 2 aromatic rings. The van der Waals surface area contributed by atoms with Crippen LogP contribution in [0, 0.1) is 0 Å². The van der Waals surface area contributed by atoms with Crippen molar-refractivity contribution >= 4 is 12.4 Å². The molecule has 122 valence electrons. The van der Waals surface area contributed by atoms with Gasteiger partial charge in [0.25, 0.3) is 0 Å². The molecule has 2 aromatic carbocycles. The zero-order valence-corrected chi connectivity index (χ0v) is 14.2. The quantitative estimate of drug-likeness (QED) is 0.777. The Balaban J connectivity index is 0.00000192. The van der Waals surface area contributed by atoms with E-state index in [2.05, 4.69) is 72.1 Å². The third-order valence-corrected chi connectivity index (χ3v) is 4.40. The standard InChI is InChI=1S/C20H23NO.ClH/c1-2-14-21-15-13-20(22-17-16-21,18-9-5-3-6-10-18)19-11-7-4-8-12-19;/h2-12H,1,13-17H2;1H. The second-order valence-corrected chi connectivity index (χ2v) is 5.75. The molecule has 1 aliphatic rings. The third-order valence-electron chi connectivity index (χ3n) is 4.40. The first kappa shape index (κ1) is 17.7. The Labute approximate surface area is 145 Å². The fourth-order valence-corrected chi connectivity index (χ4v) is 3.25. The van der Waals surface area contributed by atoms with Crippen molar-refractivity contribution in [2.75, 3.05) is 26.2 Å². The summed E-state index contributed by atoms with van der Waals surface area (Å²) in [6, 6.07) is 21.2. The molecule has 0 saturated carbocycles. The smallest absolute Gasteiger partial charge is 0.119 e. The van der Waals surface area contributed by atoms with Gasteiger partial charge in [0.1, 0.15) is 5.60 Å². The van der Waals surface area contributed by atoms with Crippen LogP contribution in [-0.2, 0) is 10.3 Å². The highest BCUT2D eigenvalue weighted by molar-refractivity contribution is 5.85. The van der Waals surface area contributed by atoms with Gasteiger partial charge in [-0.1, -0.05) is 66.7 Å². The van der Waals surface area contributed by atoms with Gasteiger partial charge >= 0.3 is 0 Å². The number of benzene rings is 2. The number of rotatable bonds is 4. The minimum atomic E-state index is -0.349. The van der Waals surface area contributed by atoms with Crippen molar-refractivity contribution in [2.45, 2.75) is 12.0 Å². The molecule has 23 heavy (non-hydrogen) atoms. The van der Waals surface area contributed by atoms with Gasteiger partial charge in [0, 0.05) is 19.6 Å². The Bertz CT molecular complexity index is 560. The first-order chi connectivity index (χ1) is 10.8. The zero-order chi connectivity index (χ0) is 15.3. The molecule has 0 spiro atoms. The molecule has 1 aliphatic heterocycles. The van der Waals surface area contributed by atoms with E-state index in [0.29, 0.717) is 0 Å². The second-order valence-electron chi connectivity index (χ2n) is 5.75. The van der Waals surface area contributed by atoms with E-state index in [9.17, 15) is 0 Å². The van der Waals surface area contributed by atoms with Crippen molar-refractivity contribution in [1.29, 1.82) is 0 Å². The van der Waals surface area contributed by atoms with Crippen molar-refractivity contribution in [3.63, 3.8) is 0 Å². The van der Waals surface area contributed by atoms with Crippen LogP contribution in [0.5, 0.6) is 0 Å². The topological polar surface area (TPSA) is 12.5 Å². The van der Waals surface area contributed by atoms with E-state index in [1.807, 2.05) is 6.08 Å². The minimum absolute atomic E-state index is 0. The maximum Gasteiger partial charge on any atom is 0.119 e. The minimum Gasteiger partial charge on any atom is -0.364 e. The number of hydrogen-bond donors (Lipinski definition) is 0. The van der Waals surface area contributed by atoms with E-state index < -0.39 is 0 Å². The van der Waals surface area contributed by atoms with Gasteiger partial charge in [-0.2, -0.15) is 0 Å². The van der Waals surface area contributed by atoms with Crippen LogP contribution in [0.15, 0.2) is 73.3 Å². The van der Waals surface area contributed by atoms with E-state index in [0.717, 1.165) is 32.7 Å². The molecule has 0 N–H and O–H groups in total. The van der Waals surface area contributed by atoms with Gasteiger partial charge in [-0.05, 0) is 17.5 Å². The number of halogens is 1. The second kappa shape index (κ2) is 8.30. The molecule has 1 fully saturated rings. The first-order valence-corrected chi connectivity index (χ1v) is 7.93. The lowest BCUT2D eigenvalue weighted by molar-refractivity contribution is -0.0100. The molecule has 1 saturated heterocycles. The molecule has 0 atom stereocenters. The number of ether oxygens (including phenoxy) is 1. The summed E-state index contributed by atoms with van der Waals surface area (Å²) in [7, 11) is 0. The normalized spacial score (nSPS) is 17.7. The average molecular weight is 330 g/mol. The van der Waals surface area contributed by atoms with Crippen molar-refractivity contribution < 1.29 is 4.74 Å². The lowest BCUT2D eigenvalue weighted by Crippen LogP contribution is -2.32. The van der Waals surface area contributed by atoms with Gasteiger partial charge in [0.15, 0.2) is 0 Å². The number of nitrogens with zero attached hydrogens (tertiary/aromatic N) is 1. The fourth-order valence-electron chi connectivity index (χ4n) is 3.25. The van der Waals surface area contributed by atoms with Crippen molar-refractivity contribution in [1.82, 2.24) is 4.90 Å². The fraction of sp³-hybridized carbons (Fsp3) is 0.300. The Morgan fingerprint density at radius 1 is 0.957 bits per heavy atom. The molecule has 3 rings (SSSR count). The van der Waals surface area contributed by atoms with Crippen LogP contribution in [0.25, 0.3) is 0 Å². The van der Waals surface area contributed by atoms with Crippen molar-refractivity contribution in [2.24, 2.45) is 0 Å². The first-order valence-electron chi connectivity index (χ1n) is 7.93. The maximum absolute atomic E-state index is 6.46. The van der Waals surface area contributed by atoms with Gasteiger partial charge in [-0.15, -0.1) is 19.0 Å². The van der Waals surface area contributed by atoms with E-state index in [1.54, 1.807) is 0 Å². The predicted octanol–water partition coefficient (Wildman–Crippen LogP) is 4.26. The van der Waals surface area contributed by atoms with Gasteiger partial charge in [0.05, 0.1) is 6.61 Å². The molecule has 0 aromatic heterocycles.